The van der Waals surface area contributed by atoms with Gasteiger partial charge in [0.15, 0.2) is 5.71 Å². The molecule has 0 amide bonds. The summed E-state index contributed by atoms with van der Waals surface area (Å²) in [5.41, 5.74) is 9.60. The van der Waals surface area contributed by atoms with Crippen LogP contribution in [0.2, 0.25) is 0 Å². The second-order valence-corrected chi connectivity index (χ2v) is 17.2. The normalized spacial score (nSPS) is 19.0. The zero-order valence-corrected chi connectivity index (χ0v) is 35.3. The van der Waals surface area contributed by atoms with E-state index < -0.39 is 11.4 Å². The zero-order valence-electron chi connectivity index (χ0n) is 34.5. The number of hydrogen-bond acceptors (Lipinski definition) is 5. The van der Waals surface area contributed by atoms with Crippen LogP contribution in [-0.2, 0) is 26.4 Å². The number of nitrogens with zero attached hydrogens (tertiary/aromatic N) is 2. The second-order valence-electron chi connectivity index (χ2n) is 16.6. The Morgan fingerprint density at radius 2 is 1.62 bits per heavy atom. The number of anilines is 1. The van der Waals surface area contributed by atoms with Crippen molar-refractivity contribution in [3.63, 3.8) is 0 Å². The Kier molecular flexibility index (Phi) is 13.0. The van der Waals surface area contributed by atoms with Gasteiger partial charge in [0.25, 0.3) is 0 Å². The predicted octanol–water partition coefficient (Wildman–Crippen LogP) is 11.7. The summed E-state index contributed by atoms with van der Waals surface area (Å²) < 4.78 is 36.1. The predicted molar refractivity (Wildman–Crippen MR) is 238 cm³/mol. The van der Waals surface area contributed by atoms with Crippen LogP contribution in [-0.4, -0.2) is 38.7 Å². The Morgan fingerprint density at radius 1 is 0.845 bits per heavy atom. The van der Waals surface area contributed by atoms with E-state index in [1.165, 1.54) is 55.8 Å². The Hall–Kier alpha value is -5.00. The van der Waals surface area contributed by atoms with Gasteiger partial charge in [-0.3, -0.25) is 0 Å². The van der Waals surface area contributed by atoms with Crippen molar-refractivity contribution >= 4 is 39.2 Å². The minimum absolute atomic E-state index is 0.183. The molecular weight excluding hydrogens is 737 g/mol. The average Bonchev–Trinajstić information content (AvgIpc) is 3.57. The molecule has 0 radical (unpaired) electrons. The first kappa shape index (κ1) is 41.2. The van der Waals surface area contributed by atoms with Crippen molar-refractivity contribution in [2.24, 2.45) is 0 Å². The largest absolute Gasteiger partial charge is 0.750 e. The molecule has 7 rings (SSSR count). The van der Waals surface area contributed by atoms with Gasteiger partial charge in [-0.15, -0.1) is 12.3 Å². The standard InChI is InChI=1S/C51H56N2O4S/c1-6-7-8-9-17-35-53-45-32-29-38-21-13-14-26-42(38)48(45)51(4,5)47(53)34-31-40-23-20-22-39(49(40)57-41-24-11-10-12-25-41)30-33-46-50(2,3)43-27-15-16-28-44(43)52(46)36-18-19-37-56-58(54)55/h1,10-16,21,24-34H,7-9,17-20,22-23,35-37H2,2-5H3. The van der Waals surface area contributed by atoms with Crippen molar-refractivity contribution in [2.45, 2.75) is 96.3 Å². The molecule has 1 atom stereocenters. The molecule has 3 aliphatic rings. The minimum Gasteiger partial charge on any atom is -0.750 e. The molecule has 1 aliphatic carbocycles. The van der Waals surface area contributed by atoms with Gasteiger partial charge < -0.3 is 18.4 Å². The van der Waals surface area contributed by atoms with E-state index in [2.05, 4.69) is 128 Å². The molecule has 2 heterocycles. The number of allylic oxidation sites excluding steroid dienone is 7. The number of terminal acetylenes is 1. The van der Waals surface area contributed by atoms with Gasteiger partial charge in [-0.25, -0.2) is 4.21 Å². The molecule has 0 aromatic heterocycles. The van der Waals surface area contributed by atoms with Crippen LogP contribution in [0.4, 0.5) is 11.4 Å². The first-order chi connectivity index (χ1) is 28.1. The van der Waals surface area contributed by atoms with E-state index in [0.717, 1.165) is 76.0 Å². The molecular formula is C51H56N2O4S. The second kappa shape index (κ2) is 18.3. The highest BCUT2D eigenvalue weighted by molar-refractivity contribution is 7.74. The molecule has 58 heavy (non-hydrogen) atoms. The molecule has 7 heteroatoms. The van der Waals surface area contributed by atoms with Gasteiger partial charge in [-0.2, -0.15) is 4.58 Å². The van der Waals surface area contributed by atoms with Gasteiger partial charge in [0.1, 0.15) is 18.1 Å². The van der Waals surface area contributed by atoms with Gasteiger partial charge in [-0.05, 0) is 123 Å². The van der Waals surface area contributed by atoms with E-state index in [9.17, 15) is 8.76 Å². The summed E-state index contributed by atoms with van der Waals surface area (Å²) in [6.45, 7) is 11.2. The fraction of sp³-hybridized carbons (Fsp3) is 0.353. The van der Waals surface area contributed by atoms with E-state index in [-0.39, 0.29) is 17.4 Å². The van der Waals surface area contributed by atoms with Crippen molar-refractivity contribution in [2.75, 3.05) is 24.6 Å². The molecule has 300 valence electrons. The van der Waals surface area contributed by atoms with E-state index in [1.54, 1.807) is 0 Å². The van der Waals surface area contributed by atoms with Gasteiger partial charge in [-0.1, -0.05) is 80.6 Å². The Morgan fingerprint density at radius 3 is 2.43 bits per heavy atom. The van der Waals surface area contributed by atoms with Crippen LogP contribution in [0, 0.1) is 12.3 Å². The molecule has 0 saturated carbocycles. The van der Waals surface area contributed by atoms with Crippen molar-refractivity contribution in [3.8, 4) is 18.1 Å². The molecule has 6 nitrogen and oxygen atoms in total. The first-order valence-electron chi connectivity index (χ1n) is 20.9. The number of unbranched alkanes of at least 4 members (excludes halogenated alkanes) is 4. The number of rotatable bonds is 16. The number of fused-ring (bicyclic) bond motifs is 4. The lowest BCUT2D eigenvalue weighted by Gasteiger charge is -2.27. The summed E-state index contributed by atoms with van der Waals surface area (Å²) in [6.07, 6.45) is 23.2. The van der Waals surface area contributed by atoms with Crippen LogP contribution in [0.15, 0.2) is 138 Å². The van der Waals surface area contributed by atoms with Crippen LogP contribution in [0.1, 0.15) is 96.6 Å². The third kappa shape index (κ3) is 8.71. The number of benzene rings is 4. The fourth-order valence-electron chi connectivity index (χ4n) is 9.15. The molecule has 4 aromatic carbocycles. The van der Waals surface area contributed by atoms with Crippen molar-refractivity contribution in [3.05, 3.63) is 149 Å². The monoisotopic (exact) mass is 792 g/mol. The Balaban J connectivity index is 1.28. The highest BCUT2D eigenvalue weighted by Crippen LogP contribution is 2.48. The van der Waals surface area contributed by atoms with E-state index in [0.29, 0.717) is 6.42 Å². The van der Waals surface area contributed by atoms with Crippen LogP contribution in [0.25, 0.3) is 10.8 Å². The first-order valence-corrected chi connectivity index (χ1v) is 21.9. The molecule has 0 N–H and O–H groups in total. The molecule has 0 saturated heterocycles. The highest BCUT2D eigenvalue weighted by Gasteiger charge is 2.45. The lowest BCUT2D eigenvalue weighted by atomic mass is 9.78. The van der Waals surface area contributed by atoms with Crippen LogP contribution < -0.4 is 9.64 Å². The maximum absolute atomic E-state index is 11.0. The van der Waals surface area contributed by atoms with Crippen molar-refractivity contribution < 1.29 is 22.3 Å². The van der Waals surface area contributed by atoms with Gasteiger partial charge in [0.2, 0.25) is 5.69 Å². The molecule has 2 aliphatic heterocycles. The van der Waals surface area contributed by atoms with E-state index in [4.69, 9.17) is 15.3 Å². The summed E-state index contributed by atoms with van der Waals surface area (Å²) in [5.74, 6) is 4.55. The Labute approximate surface area is 348 Å². The summed E-state index contributed by atoms with van der Waals surface area (Å²) in [5, 5.41) is 2.58. The maximum Gasteiger partial charge on any atom is 0.210 e. The van der Waals surface area contributed by atoms with E-state index in [1.807, 2.05) is 30.3 Å². The van der Waals surface area contributed by atoms with Gasteiger partial charge in [0.05, 0.1) is 23.4 Å². The maximum atomic E-state index is 11.0. The summed E-state index contributed by atoms with van der Waals surface area (Å²) in [6, 6.07) is 32.1. The van der Waals surface area contributed by atoms with Gasteiger partial charge >= 0.3 is 0 Å². The quantitative estimate of drug-likeness (QED) is 0.0489. The number of hydrogen-bond donors (Lipinski definition) is 0. The smallest absolute Gasteiger partial charge is 0.210 e. The third-order valence-corrected chi connectivity index (χ3v) is 12.4. The molecule has 0 bridgehead atoms. The number of para-hydroxylation sites is 2. The molecule has 0 fully saturated rings. The fourth-order valence-corrected chi connectivity index (χ4v) is 9.40. The van der Waals surface area contributed by atoms with Crippen molar-refractivity contribution in [1.29, 1.82) is 0 Å². The molecule has 4 aromatic rings. The topological polar surface area (TPSA) is 64.8 Å². The summed E-state index contributed by atoms with van der Waals surface area (Å²) >= 11 is -2.49. The third-order valence-electron chi connectivity index (χ3n) is 12.0. The van der Waals surface area contributed by atoms with Crippen LogP contribution in [0.3, 0.4) is 0 Å². The molecule has 0 spiro atoms. The zero-order chi connectivity index (χ0) is 40.7. The van der Waals surface area contributed by atoms with Gasteiger partial charge in [0, 0.05) is 53.9 Å². The molecule has 1 unspecified atom stereocenters. The van der Waals surface area contributed by atoms with Crippen molar-refractivity contribution in [1.82, 2.24) is 0 Å². The van der Waals surface area contributed by atoms with Crippen LogP contribution >= 0.6 is 0 Å². The minimum atomic E-state index is -2.49. The Bertz CT molecular complexity index is 2360. The lowest BCUT2D eigenvalue weighted by molar-refractivity contribution is -0.438. The lowest BCUT2D eigenvalue weighted by Crippen LogP contribution is -2.28. The van der Waals surface area contributed by atoms with E-state index >= 15 is 0 Å². The summed E-state index contributed by atoms with van der Waals surface area (Å²) in [7, 11) is 0. The highest BCUT2D eigenvalue weighted by atomic mass is 32.2. The SMILES string of the molecule is C#CCCCCC[N+]1=C(/C=C/C2=C(Oc3ccccc3)C(=C/C=C3\N(CCCCOS(=O)[O-])c4ccccc4C3(C)C)/CCC2)C(C)(C)c2c1ccc1ccccc21. The summed E-state index contributed by atoms with van der Waals surface area (Å²) in [4.78, 5) is 2.40. The average molecular weight is 793 g/mol. The van der Waals surface area contributed by atoms with Crippen LogP contribution in [0.5, 0.6) is 5.75 Å². The number of ether oxygens (including phenoxy) is 1.